The predicted molar refractivity (Wildman–Crippen MR) is 109 cm³/mol. The van der Waals surface area contributed by atoms with Crippen molar-refractivity contribution in [2.45, 2.75) is 0 Å². The van der Waals surface area contributed by atoms with E-state index in [1.54, 1.807) is 26.6 Å². The van der Waals surface area contributed by atoms with Crippen molar-refractivity contribution in [2.24, 2.45) is 0 Å². The third-order valence-electron chi connectivity index (χ3n) is 4.49. The topological polar surface area (TPSA) is 57.1 Å². The van der Waals surface area contributed by atoms with Crippen molar-refractivity contribution in [2.75, 3.05) is 14.2 Å². The van der Waals surface area contributed by atoms with Crippen molar-refractivity contribution in [3.8, 4) is 45.3 Å². The average molecular weight is 369 g/mol. The normalized spacial score (nSPS) is 10.5. The maximum atomic E-state index is 5.28. The van der Waals surface area contributed by atoms with Crippen LogP contribution in [-0.2, 0) is 0 Å². The number of benzene rings is 2. The number of aromatic nitrogens is 3. The summed E-state index contributed by atoms with van der Waals surface area (Å²) < 4.78 is 10.6. The molecule has 0 aliphatic rings. The Morgan fingerprint density at radius 3 is 1.79 bits per heavy atom. The van der Waals surface area contributed by atoms with Crippen LogP contribution in [0.2, 0.25) is 0 Å². The number of pyridine rings is 1. The van der Waals surface area contributed by atoms with Crippen LogP contribution in [0, 0.1) is 0 Å². The summed E-state index contributed by atoms with van der Waals surface area (Å²) in [7, 11) is 3.31. The van der Waals surface area contributed by atoms with Crippen LogP contribution in [0.15, 0.2) is 79.3 Å². The largest absolute Gasteiger partial charge is 0.497 e. The van der Waals surface area contributed by atoms with Gasteiger partial charge in [0.2, 0.25) is 0 Å². The van der Waals surface area contributed by atoms with E-state index in [2.05, 4.69) is 9.97 Å². The van der Waals surface area contributed by atoms with Gasteiger partial charge in [-0.3, -0.25) is 4.98 Å². The second-order valence-corrected chi connectivity index (χ2v) is 6.15. The minimum absolute atomic E-state index is 0.658. The van der Waals surface area contributed by atoms with Gasteiger partial charge in [-0.2, -0.15) is 0 Å². The van der Waals surface area contributed by atoms with Crippen molar-refractivity contribution in [1.29, 1.82) is 0 Å². The molecule has 0 spiro atoms. The lowest BCUT2D eigenvalue weighted by molar-refractivity contribution is 0.414. The summed E-state index contributed by atoms with van der Waals surface area (Å²) in [6, 6.07) is 19.6. The van der Waals surface area contributed by atoms with Gasteiger partial charge in [0.05, 0.1) is 19.9 Å². The fourth-order valence-electron chi connectivity index (χ4n) is 2.97. The van der Waals surface area contributed by atoms with Crippen LogP contribution in [0.5, 0.6) is 11.5 Å². The summed E-state index contributed by atoms with van der Waals surface area (Å²) in [6.07, 6.45) is 5.34. The number of nitrogens with zero attached hydrogens (tertiary/aromatic N) is 3. The maximum Gasteiger partial charge on any atom is 0.159 e. The molecule has 28 heavy (non-hydrogen) atoms. The Morgan fingerprint density at radius 1 is 0.643 bits per heavy atom. The molecule has 0 fully saturated rings. The number of hydrogen-bond acceptors (Lipinski definition) is 5. The van der Waals surface area contributed by atoms with Gasteiger partial charge in [0, 0.05) is 35.3 Å². The summed E-state index contributed by atoms with van der Waals surface area (Å²) in [5, 5.41) is 0. The summed E-state index contributed by atoms with van der Waals surface area (Å²) >= 11 is 0. The van der Waals surface area contributed by atoms with Crippen LogP contribution in [0.25, 0.3) is 33.8 Å². The Balaban J connectivity index is 1.86. The third-order valence-corrected chi connectivity index (χ3v) is 4.49. The number of rotatable bonds is 5. The zero-order chi connectivity index (χ0) is 19.3. The zero-order valence-electron chi connectivity index (χ0n) is 15.7. The standard InChI is InChI=1S/C23H19N3O2/c1-27-19-7-3-16(4-8-19)21-15-25-23(18-11-13-24-14-12-18)26-22(21)17-5-9-20(28-2)10-6-17/h3-15H,1-2H3. The lowest BCUT2D eigenvalue weighted by Crippen LogP contribution is -1.96. The van der Waals surface area contributed by atoms with Crippen LogP contribution in [-0.4, -0.2) is 29.2 Å². The molecular formula is C23H19N3O2. The molecule has 138 valence electrons. The highest BCUT2D eigenvalue weighted by Gasteiger charge is 2.13. The molecule has 0 aliphatic heterocycles. The van der Waals surface area contributed by atoms with Crippen LogP contribution >= 0.6 is 0 Å². The lowest BCUT2D eigenvalue weighted by atomic mass is 10.00. The molecule has 4 aromatic rings. The molecule has 0 saturated heterocycles. The second kappa shape index (κ2) is 7.88. The Bertz CT molecular complexity index is 1060. The summed E-state index contributed by atoms with van der Waals surface area (Å²) in [4.78, 5) is 13.5. The van der Waals surface area contributed by atoms with E-state index in [0.29, 0.717) is 5.82 Å². The number of ether oxygens (including phenoxy) is 2. The van der Waals surface area contributed by atoms with E-state index in [-0.39, 0.29) is 0 Å². The minimum Gasteiger partial charge on any atom is -0.497 e. The van der Waals surface area contributed by atoms with Crippen molar-refractivity contribution >= 4 is 0 Å². The van der Waals surface area contributed by atoms with E-state index in [0.717, 1.165) is 39.4 Å². The van der Waals surface area contributed by atoms with E-state index in [9.17, 15) is 0 Å². The molecule has 0 bridgehead atoms. The summed E-state index contributed by atoms with van der Waals surface area (Å²) in [5.74, 6) is 2.27. The first-order chi connectivity index (χ1) is 13.8. The number of methoxy groups -OCH3 is 2. The van der Waals surface area contributed by atoms with E-state index in [1.807, 2.05) is 66.9 Å². The van der Waals surface area contributed by atoms with Crippen LogP contribution in [0.4, 0.5) is 0 Å². The van der Waals surface area contributed by atoms with Crippen LogP contribution in [0.3, 0.4) is 0 Å². The molecule has 0 amide bonds. The molecule has 5 heteroatoms. The van der Waals surface area contributed by atoms with Gasteiger partial charge >= 0.3 is 0 Å². The molecule has 4 rings (SSSR count). The monoisotopic (exact) mass is 369 g/mol. The molecule has 0 atom stereocenters. The Morgan fingerprint density at radius 2 is 1.21 bits per heavy atom. The molecular weight excluding hydrogens is 350 g/mol. The molecule has 0 saturated carbocycles. The fraction of sp³-hybridized carbons (Fsp3) is 0.0870. The molecule has 2 aromatic heterocycles. The molecule has 2 aromatic carbocycles. The van der Waals surface area contributed by atoms with E-state index in [4.69, 9.17) is 14.5 Å². The smallest absolute Gasteiger partial charge is 0.159 e. The quantitative estimate of drug-likeness (QED) is 0.501. The Labute approximate surface area is 163 Å². The highest BCUT2D eigenvalue weighted by Crippen LogP contribution is 2.33. The van der Waals surface area contributed by atoms with Gasteiger partial charge in [-0.05, 0) is 54.1 Å². The van der Waals surface area contributed by atoms with Crippen molar-refractivity contribution in [3.05, 3.63) is 79.3 Å². The third kappa shape index (κ3) is 3.55. The van der Waals surface area contributed by atoms with Gasteiger partial charge in [0.15, 0.2) is 5.82 Å². The maximum absolute atomic E-state index is 5.28. The summed E-state index contributed by atoms with van der Waals surface area (Å²) in [6.45, 7) is 0. The minimum atomic E-state index is 0.658. The average Bonchev–Trinajstić information content (AvgIpc) is 2.79. The Hall–Kier alpha value is -3.73. The highest BCUT2D eigenvalue weighted by molar-refractivity contribution is 5.81. The predicted octanol–water partition coefficient (Wildman–Crippen LogP) is 4.89. The van der Waals surface area contributed by atoms with Gasteiger partial charge in [0.25, 0.3) is 0 Å². The van der Waals surface area contributed by atoms with Crippen LogP contribution < -0.4 is 9.47 Å². The van der Waals surface area contributed by atoms with E-state index in [1.165, 1.54) is 0 Å². The van der Waals surface area contributed by atoms with Crippen molar-refractivity contribution in [1.82, 2.24) is 15.0 Å². The number of hydrogen-bond donors (Lipinski definition) is 0. The first-order valence-corrected chi connectivity index (χ1v) is 8.85. The first-order valence-electron chi connectivity index (χ1n) is 8.85. The zero-order valence-corrected chi connectivity index (χ0v) is 15.7. The lowest BCUT2D eigenvalue weighted by Gasteiger charge is -2.12. The molecule has 0 unspecified atom stereocenters. The molecule has 0 N–H and O–H groups in total. The Kier molecular flexibility index (Phi) is 4.97. The van der Waals surface area contributed by atoms with Gasteiger partial charge in [-0.15, -0.1) is 0 Å². The van der Waals surface area contributed by atoms with Gasteiger partial charge in [0.1, 0.15) is 11.5 Å². The SMILES string of the molecule is COc1ccc(-c2cnc(-c3ccncc3)nc2-c2ccc(OC)cc2)cc1. The fourth-order valence-corrected chi connectivity index (χ4v) is 2.97. The van der Waals surface area contributed by atoms with Crippen molar-refractivity contribution < 1.29 is 9.47 Å². The van der Waals surface area contributed by atoms with Crippen LogP contribution in [0.1, 0.15) is 0 Å². The van der Waals surface area contributed by atoms with E-state index >= 15 is 0 Å². The molecule has 0 aliphatic carbocycles. The van der Waals surface area contributed by atoms with Gasteiger partial charge in [-0.1, -0.05) is 12.1 Å². The van der Waals surface area contributed by atoms with Gasteiger partial charge in [-0.25, -0.2) is 9.97 Å². The molecule has 5 nitrogen and oxygen atoms in total. The summed E-state index contributed by atoms with van der Waals surface area (Å²) in [5.41, 5.74) is 4.74. The van der Waals surface area contributed by atoms with E-state index < -0.39 is 0 Å². The highest BCUT2D eigenvalue weighted by atomic mass is 16.5. The second-order valence-electron chi connectivity index (χ2n) is 6.15. The van der Waals surface area contributed by atoms with Crippen molar-refractivity contribution in [3.63, 3.8) is 0 Å². The molecule has 0 radical (unpaired) electrons. The first kappa shape index (κ1) is 17.7. The molecule has 2 heterocycles. The van der Waals surface area contributed by atoms with Gasteiger partial charge < -0.3 is 9.47 Å².